The summed E-state index contributed by atoms with van der Waals surface area (Å²) in [7, 11) is 2.08. The van der Waals surface area contributed by atoms with Crippen molar-refractivity contribution in [3.8, 4) is 0 Å². The van der Waals surface area contributed by atoms with Crippen LogP contribution < -0.4 is 10.6 Å². The fourth-order valence-electron chi connectivity index (χ4n) is 4.47. The van der Waals surface area contributed by atoms with Crippen LogP contribution >= 0.6 is 11.5 Å². The maximum atomic E-state index is 12.8. The second kappa shape index (κ2) is 9.63. The smallest absolute Gasteiger partial charge is 0.239 e. The molecule has 0 saturated carbocycles. The highest BCUT2D eigenvalue weighted by Crippen LogP contribution is 2.28. The first-order valence-electron chi connectivity index (χ1n) is 10.4. The van der Waals surface area contributed by atoms with Gasteiger partial charge < -0.3 is 10.6 Å². The van der Waals surface area contributed by atoms with Crippen molar-refractivity contribution >= 4 is 23.3 Å². The Balaban J connectivity index is 1.31. The third-order valence-electron chi connectivity index (χ3n) is 6.16. The standard InChI is InChI=1S/C21H28N6O2S/c1-26-17(7-8-19(28)22-11-15-5-3-2-4-6-15)12-23-21(29)20-18(26)9-10-27(20)13-16-14-30-25-24-16/h2-6,14,17-18,20H,7-13H2,1H3,(H,22,28)(H,23,29)/t17-,18+,20-/m0/s1. The van der Waals surface area contributed by atoms with Crippen LogP contribution in [0.25, 0.3) is 0 Å². The van der Waals surface area contributed by atoms with Gasteiger partial charge in [-0.05, 0) is 37.0 Å². The Morgan fingerprint density at radius 2 is 2.17 bits per heavy atom. The molecule has 3 atom stereocenters. The molecule has 160 valence electrons. The SMILES string of the molecule is CN1[C@@H](CCC(=O)NCc2ccccc2)CNC(=O)[C@@H]2[C@H]1CCN2Cc1csnn1. The van der Waals surface area contributed by atoms with Crippen molar-refractivity contribution in [3.05, 3.63) is 47.0 Å². The lowest BCUT2D eigenvalue weighted by molar-refractivity contribution is -0.126. The molecule has 2 aromatic rings. The van der Waals surface area contributed by atoms with Gasteiger partial charge in [-0.1, -0.05) is 34.8 Å². The average molecular weight is 429 g/mol. The molecule has 0 spiro atoms. The fourth-order valence-corrected chi connectivity index (χ4v) is 4.91. The van der Waals surface area contributed by atoms with Crippen LogP contribution in [0.1, 0.15) is 30.5 Å². The van der Waals surface area contributed by atoms with Gasteiger partial charge in [-0.3, -0.25) is 19.4 Å². The van der Waals surface area contributed by atoms with Crippen LogP contribution in [0.3, 0.4) is 0 Å². The normalized spacial score (nSPS) is 24.8. The van der Waals surface area contributed by atoms with E-state index in [1.165, 1.54) is 11.5 Å². The molecule has 9 heteroatoms. The number of likely N-dealkylation sites (tertiary alicyclic amines) is 1. The maximum Gasteiger partial charge on any atom is 0.239 e. The van der Waals surface area contributed by atoms with Gasteiger partial charge in [-0.2, -0.15) is 0 Å². The van der Waals surface area contributed by atoms with E-state index in [2.05, 4.69) is 37.1 Å². The molecule has 1 aromatic carbocycles. The molecule has 2 aliphatic rings. The Labute approximate surface area is 180 Å². The first-order valence-corrected chi connectivity index (χ1v) is 11.3. The van der Waals surface area contributed by atoms with Crippen molar-refractivity contribution in [2.24, 2.45) is 0 Å². The first kappa shape index (κ1) is 20.9. The lowest BCUT2D eigenvalue weighted by Crippen LogP contribution is -2.49. The van der Waals surface area contributed by atoms with Crippen LogP contribution in [0, 0.1) is 0 Å². The Morgan fingerprint density at radius 1 is 1.33 bits per heavy atom. The van der Waals surface area contributed by atoms with Gasteiger partial charge >= 0.3 is 0 Å². The number of hydrogen-bond acceptors (Lipinski definition) is 7. The molecule has 3 heterocycles. The quantitative estimate of drug-likeness (QED) is 0.684. The van der Waals surface area contributed by atoms with Gasteiger partial charge in [0.2, 0.25) is 11.8 Å². The molecule has 2 N–H and O–H groups in total. The summed E-state index contributed by atoms with van der Waals surface area (Å²) < 4.78 is 3.92. The molecule has 2 saturated heterocycles. The predicted molar refractivity (Wildman–Crippen MR) is 115 cm³/mol. The highest BCUT2D eigenvalue weighted by atomic mass is 32.1. The van der Waals surface area contributed by atoms with Crippen LogP contribution in [0.5, 0.6) is 0 Å². The molecule has 2 amide bonds. The van der Waals surface area contributed by atoms with E-state index in [1.807, 2.05) is 35.7 Å². The van der Waals surface area contributed by atoms with Crippen LogP contribution in [-0.4, -0.2) is 69.5 Å². The number of benzene rings is 1. The molecule has 2 aliphatic heterocycles. The largest absolute Gasteiger partial charge is 0.353 e. The monoisotopic (exact) mass is 428 g/mol. The summed E-state index contributed by atoms with van der Waals surface area (Å²) in [5, 5.41) is 12.1. The molecule has 0 aliphatic carbocycles. The van der Waals surface area contributed by atoms with E-state index < -0.39 is 0 Å². The molecule has 8 nitrogen and oxygen atoms in total. The van der Waals surface area contributed by atoms with Crippen molar-refractivity contribution in [1.82, 2.24) is 30.0 Å². The van der Waals surface area contributed by atoms with E-state index in [0.717, 1.165) is 30.6 Å². The number of likely N-dealkylation sites (N-methyl/N-ethyl adjacent to an activating group) is 1. The summed E-state index contributed by atoms with van der Waals surface area (Å²) in [4.78, 5) is 29.7. The molecule has 0 unspecified atom stereocenters. The second-order valence-electron chi connectivity index (χ2n) is 8.03. The first-order chi connectivity index (χ1) is 14.6. The zero-order valence-electron chi connectivity index (χ0n) is 17.2. The Hall–Kier alpha value is -2.36. The Kier molecular flexibility index (Phi) is 6.71. The molecule has 30 heavy (non-hydrogen) atoms. The second-order valence-corrected chi connectivity index (χ2v) is 8.64. The van der Waals surface area contributed by atoms with E-state index >= 15 is 0 Å². The average Bonchev–Trinajstić information content (AvgIpc) is 3.40. The van der Waals surface area contributed by atoms with Gasteiger partial charge in [0.25, 0.3) is 0 Å². The molecule has 1 aromatic heterocycles. The van der Waals surface area contributed by atoms with E-state index in [-0.39, 0.29) is 29.9 Å². The number of aromatic nitrogens is 2. The van der Waals surface area contributed by atoms with E-state index in [9.17, 15) is 9.59 Å². The van der Waals surface area contributed by atoms with Crippen molar-refractivity contribution in [2.75, 3.05) is 20.1 Å². The zero-order valence-corrected chi connectivity index (χ0v) is 18.0. The molecular weight excluding hydrogens is 400 g/mol. The lowest BCUT2D eigenvalue weighted by Gasteiger charge is -2.33. The van der Waals surface area contributed by atoms with Crippen molar-refractivity contribution in [1.29, 1.82) is 0 Å². The van der Waals surface area contributed by atoms with Crippen LogP contribution in [0.2, 0.25) is 0 Å². The van der Waals surface area contributed by atoms with Crippen molar-refractivity contribution in [3.63, 3.8) is 0 Å². The number of carbonyl (C=O) groups excluding carboxylic acids is 2. The fraction of sp³-hybridized carbons (Fsp3) is 0.524. The van der Waals surface area contributed by atoms with E-state index in [1.54, 1.807) is 0 Å². The third-order valence-corrected chi connectivity index (χ3v) is 6.71. The van der Waals surface area contributed by atoms with Gasteiger partial charge in [-0.15, -0.1) is 5.10 Å². The molecule has 0 radical (unpaired) electrons. The number of nitrogens with one attached hydrogen (secondary N) is 2. The van der Waals surface area contributed by atoms with Crippen molar-refractivity contribution < 1.29 is 9.59 Å². The predicted octanol–water partition coefficient (Wildman–Crippen LogP) is 1.01. The highest BCUT2D eigenvalue weighted by Gasteiger charge is 2.45. The van der Waals surface area contributed by atoms with Crippen molar-refractivity contribution in [2.45, 2.75) is 50.5 Å². The maximum absolute atomic E-state index is 12.8. The lowest BCUT2D eigenvalue weighted by atomic mass is 10.0. The number of hydrogen-bond donors (Lipinski definition) is 2. The molecule has 2 fully saturated rings. The van der Waals surface area contributed by atoms with E-state index in [4.69, 9.17) is 0 Å². The van der Waals surface area contributed by atoms with Gasteiger partial charge in [0.05, 0.1) is 5.69 Å². The van der Waals surface area contributed by atoms with Gasteiger partial charge in [0.1, 0.15) is 6.04 Å². The summed E-state index contributed by atoms with van der Waals surface area (Å²) in [5.41, 5.74) is 2.00. The molecular formula is C21H28N6O2S. The molecule has 0 bridgehead atoms. The van der Waals surface area contributed by atoms with Gasteiger partial charge in [-0.25, -0.2) is 0 Å². The summed E-state index contributed by atoms with van der Waals surface area (Å²) in [6, 6.07) is 10.0. The van der Waals surface area contributed by atoms with Gasteiger partial charge in [0.15, 0.2) is 0 Å². The third kappa shape index (κ3) is 4.85. The van der Waals surface area contributed by atoms with Crippen LogP contribution in [-0.2, 0) is 22.7 Å². The minimum Gasteiger partial charge on any atom is -0.353 e. The minimum absolute atomic E-state index is 0.0449. The summed E-state index contributed by atoms with van der Waals surface area (Å²) in [5.74, 6) is 0.118. The van der Waals surface area contributed by atoms with E-state index in [0.29, 0.717) is 26.1 Å². The Bertz CT molecular complexity index is 846. The summed E-state index contributed by atoms with van der Waals surface area (Å²) in [6.45, 7) is 2.61. The number of fused-ring (bicyclic) bond motifs is 1. The van der Waals surface area contributed by atoms with Gasteiger partial charge in [0, 0.05) is 50.1 Å². The summed E-state index contributed by atoms with van der Waals surface area (Å²) >= 11 is 1.33. The van der Waals surface area contributed by atoms with Crippen LogP contribution in [0.4, 0.5) is 0 Å². The molecule has 4 rings (SSSR count). The van der Waals surface area contributed by atoms with Crippen LogP contribution in [0.15, 0.2) is 35.7 Å². The minimum atomic E-state index is -0.186. The topological polar surface area (TPSA) is 90.5 Å². The number of rotatable bonds is 7. The highest BCUT2D eigenvalue weighted by molar-refractivity contribution is 7.03. The summed E-state index contributed by atoms with van der Waals surface area (Å²) in [6.07, 6.45) is 2.10. The number of nitrogens with zero attached hydrogens (tertiary/aromatic N) is 4. The number of amides is 2. The zero-order chi connectivity index (χ0) is 20.9. The Morgan fingerprint density at radius 3 is 2.93 bits per heavy atom. The number of carbonyl (C=O) groups is 2.